The molecule has 7 atom stereocenters. The number of ether oxygens (including phenoxy) is 3. The fourth-order valence-corrected chi connectivity index (χ4v) is 4.93. The molecule has 3 rings (SSSR count). The molecule has 0 amide bonds. The quantitative estimate of drug-likeness (QED) is 0.298. The first kappa shape index (κ1) is 21.8. The third-order valence-electron chi connectivity index (χ3n) is 6.01. The van der Waals surface area contributed by atoms with E-state index in [1.165, 1.54) is 0 Å². The maximum Gasteiger partial charge on any atom is 0.430 e. The standard InChI is InChI=1S/C16H24F2O9S/c1-15(21)4-2-3-9(15)8-5-12-11(6-10(8)26-12)25-7-13(19)27-14(20)16(17,18)28(22,23)24/h8-12,14,20-21H,2-7H2,1H3,(H,22,23,24). The van der Waals surface area contributed by atoms with Gasteiger partial charge in [0.05, 0.1) is 23.9 Å². The van der Waals surface area contributed by atoms with Crippen molar-refractivity contribution in [2.45, 2.75) is 74.5 Å². The summed E-state index contributed by atoms with van der Waals surface area (Å²) in [6.07, 6.45) is -0.529. The highest BCUT2D eigenvalue weighted by Crippen LogP contribution is 2.51. The van der Waals surface area contributed by atoms with Gasteiger partial charge in [-0.25, -0.2) is 4.79 Å². The molecule has 2 aliphatic heterocycles. The van der Waals surface area contributed by atoms with E-state index in [0.29, 0.717) is 12.8 Å². The molecule has 2 heterocycles. The van der Waals surface area contributed by atoms with E-state index in [4.69, 9.17) is 19.1 Å². The van der Waals surface area contributed by atoms with Gasteiger partial charge in [0.1, 0.15) is 6.61 Å². The molecule has 3 aliphatic rings. The van der Waals surface area contributed by atoms with Crippen molar-refractivity contribution in [1.29, 1.82) is 0 Å². The van der Waals surface area contributed by atoms with Gasteiger partial charge in [0.25, 0.3) is 6.29 Å². The fraction of sp³-hybridized carbons (Fsp3) is 0.938. The lowest BCUT2D eigenvalue weighted by Gasteiger charge is -2.35. The molecule has 9 nitrogen and oxygen atoms in total. The minimum absolute atomic E-state index is 0.130. The van der Waals surface area contributed by atoms with Crippen molar-refractivity contribution in [1.82, 2.24) is 0 Å². The third-order valence-corrected chi connectivity index (χ3v) is 6.90. The molecule has 3 N–H and O–H groups in total. The highest BCUT2D eigenvalue weighted by atomic mass is 32.2. The number of aliphatic hydroxyl groups is 2. The number of alkyl halides is 2. The second-order valence-corrected chi connectivity index (χ2v) is 9.43. The fourth-order valence-electron chi connectivity index (χ4n) is 4.63. The lowest BCUT2D eigenvalue weighted by atomic mass is 9.73. The van der Waals surface area contributed by atoms with Crippen LogP contribution in [0, 0.1) is 11.8 Å². The molecule has 3 fully saturated rings. The monoisotopic (exact) mass is 430 g/mol. The Morgan fingerprint density at radius 3 is 2.54 bits per heavy atom. The van der Waals surface area contributed by atoms with Crippen LogP contribution in [0.25, 0.3) is 0 Å². The summed E-state index contributed by atoms with van der Waals surface area (Å²) in [5.74, 6) is -1.09. The van der Waals surface area contributed by atoms with Crippen molar-refractivity contribution in [2.24, 2.45) is 11.8 Å². The number of esters is 1. The van der Waals surface area contributed by atoms with Crippen molar-refractivity contribution >= 4 is 16.1 Å². The van der Waals surface area contributed by atoms with Crippen molar-refractivity contribution in [2.75, 3.05) is 6.61 Å². The van der Waals surface area contributed by atoms with E-state index < -0.39 is 45.9 Å². The maximum atomic E-state index is 13.2. The number of halogens is 2. The molecule has 1 aliphatic carbocycles. The number of fused-ring (bicyclic) bond motifs is 2. The maximum absolute atomic E-state index is 13.2. The highest BCUT2D eigenvalue weighted by molar-refractivity contribution is 7.86. The van der Waals surface area contributed by atoms with Crippen LogP contribution in [0.4, 0.5) is 8.78 Å². The number of hydrogen-bond donors (Lipinski definition) is 3. The average Bonchev–Trinajstić information content (AvgIpc) is 3.24. The Kier molecular flexibility index (Phi) is 5.76. The Morgan fingerprint density at radius 1 is 1.36 bits per heavy atom. The molecular weight excluding hydrogens is 406 g/mol. The summed E-state index contributed by atoms with van der Waals surface area (Å²) in [7, 11) is -5.95. The molecule has 0 aromatic carbocycles. The molecule has 2 bridgehead atoms. The van der Waals surface area contributed by atoms with Crippen molar-refractivity contribution in [3.8, 4) is 0 Å². The van der Waals surface area contributed by atoms with E-state index in [1.54, 1.807) is 0 Å². The zero-order chi connectivity index (χ0) is 20.9. The summed E-state index contributed by atoms with van der Waals surface area (Å²) in [5, 5.41) is 14.5. The molecule has 28 heavy (non-hydrogen) atoms. The number of hydrogen-bond acceptors (Lipinski definition) is 8. The lowest BCUT2D eigenvalue weighted by Crippen LogP contribution is -2.44. The van der Waals surface area contributed by atoms with Gasteiger partial charge in [0.2, 0.25) is 0 Å². The van der Waals surface area contributed by atoms with Gasteiger partial charge in [-0.15, -0.1) is 0 Å². The minimum atomic E-state index is -5.95. The molecular formula is C16H24F2O9S. The van der Waals surface area contributed by atoms with Gasteiger partial charge in [-0.1, -0.05) is 6.42 Å². The molecule has 0 aromatic heterocycles. The normalized spacial score (nSPS) is 39.3. The van der Waals surface area contributed by atoms with E-state index in [1.807, 2.05) is 6.92 Å². The zero-order valence-corrected chi connectivity index (χ0v) is 16.0. The molecule has 2 saturated heterocycles. The highest BCUT2D eigenvalue weighted by Gasteiger charge is 2.56. The topological polar surface area (TPSA) is 140 Å². The summed E-state index contributed by atoms with van der Waals surface area (Å²) in [4.78, 5) is 11.6. The van der Waals surface area contributed by atoms with Gasteiger partial charge >= 0.3 is 21.3 Å². The van der Waals surface area contributed by atoms with E-state index in [-0.39, 0.29) is 24.0 Å². The number of carbonyl (C=O) groups is 1. The van der Waals surface area contributed by atoms with Crippen LogP contribution in [0.1, 0.15) is 39.0 Å². The van der Waals surface area contributed by atoms with E-state index >= 15 is 0 Å². The number of carbonyl (C=O) groups excluding carboxylic acids is 1. The largest absolute Gasteiger partial charge is 0.430 e. The Hall–Kier alpha value is -0.920. The molecule has 162 valence electrons. The first-order valence-electron chi connectivity index (χ1n) is 9.05. The van der Waals surface area contributed by atoms with Crippen molar-refractivity contribution in [3.05, 3.63) is 0 Å². The Morgan fingerprint density at radius 2 is 2.04 bits per heavy atom. The minimum Gasteiger partial charge on any atom is -0.426 e. The number of aliphatic hydroxyl groups excluding tert-OH is 1. The van der Waals surface area contributed by atoms with E-state index in [9.17, 15) is 27.1 Å². The Bertz CT molecular complexity index is 711. The summed E-state index contributed by atoms with van der Waals surface area (Å²) in [6, 6.07) is 0. The summed E-state index contributed by atoms with van der Waals surface area (Å²) >= 11 is 0. The molecule has 0 spiro atoms. The van der Waals surface area contributed by atoms with Crippen molar-refractivity contribution < 1.29 is 51.0 Å². The van der Waals surface area contributed by atoms with Gasteiger partial charge in [-0.3, -0.25) is 4.55 Å². The van der Waals surface area contributed by atoms with E-state index in [2.05, 4.69) is 4.74 Å². The molecule has 12 heteroatoms. The SMILES string of the molecule is CC1(O)CCCC1C1CC2OC1CC2OCC(=O)OC(O)C(F)(F)S(=O)(=O)O. The molecule has 1 saturated carbocycles. The van der Waals surface area contributed by atoms with Gasteiger partial charge < -0.3 is 24.4 Å². The number of rotatable bonds is 7. The first-order chi connectivity index (χ1) is 12.8. The predicted molar refractivity (Wildman–Crippen MR) is 87.7 cm³/mol. The van der Waals surface area contributed by atoms with Crippen LogP contribution in [0.3, 0.4) is 0 Å². The molecule has 0 aromatic rings. The first-order valence-corrected chi connectivity index (χ1v) is 10.5. The summed E-state index contributed by atoms with van der Waals surface area (Å²) < 4.78 is 70.8. The zero-order valence-electron chi connectivity index (χ0n) is 15.2. The van der Waals surface area contributed by atoms with E-state index in [0.717, 1.165) is 19.3 Å². The summed E-state index contributed by atoms with van der Waals surface area (Å²) in [5.41, 5.74) is -0.729. The van der Waals surface area contributed by atoms with Crippen LogP contribution in [-0.4, -0.2) is 71.2 Å². The van der Waals surface area contributed by atoms with Gasteiger partial charge in [-0.05, 0) is 38.0 Å². The smallest absolute Gasteiger partial charge is 0.426 e. The summed E-state index contributed by atoms with van der Waals surface area (Å²) in [6.45, 7) is 1.04. The van der Waals surface area contributed by atoms with Crippen LogP contribution in [0.5, 0.6) is 0 Å². The average molecular weight is 430 g/mol. The van der Waals surface area contributed by atoms with Crippen molar-refractivity contribution in [3.63, 3.8) is 0 Å². The van der Waals surface area contributed by atoms with Crippen LogP contribution in [0.2, 0.25) is 0 Å². The second kappa shape index (κ2) is 7.40. The second-order valence-electron chi connectivity index (χ2n) is 7.93. The Labute approximate surface area is 160 Å². The van der Waals surface area contributed by atoms with Gasteiger partial charge in [-0.2, -0.15) is 17.2 Å². The lowest BCUT2D eigenvalue weighted by molar-refractivity contribution is -0.210. The third kappa shape index (κ3) is 4.03. The van der Waals surface area contributed by atoms with Crippen LogP contribution >= 0.6 is 0 Å². The predicted octanol–water partition coefficient (Wildman–Crippen LogP) is 0.442. The van der Waals surface area contributed by atoms with Gasteiger partial charge in [0.15, 0.2) is 0 Å². The van der Waals surface area contributed by atoms with Gasteiger partial charge in [0, 0.05) is 6.42 Å². The van der Waals surface area contributed by atoms with Crippen LogP contribution in [0.15, 0.2) is 0 Å². The van der Waals surface area contributed by atoms with Crippen LogP contribution in [-0.2, 0) is 29.1 Å². The molecule has 7 unspecified atom stereocenters. The molecule has 0 radical (unpaired) electrons. The Balaban J connectivity index is 1.47. The van der Waals surface area contributed by atoms with Crippen LogP contribution < -0.4 is 0 Å².